The number of hydrogen-bond donors (Lipinski definition) is 0. The van der Waals surface area contributed by atoms with E-state index in [1.165, 1.54) is 60.7 Å². The van der Waals surface area contributed by atoms with Crippen LogP contribution >= 0.6 is 0 Å². The molecule has 0 spiro atoms. The predicted molar refractivity (Wildman–Crippen MR) is 179 cm³/mol. The van der Waals surface area contributed by atoms with Crippen LogP contribution in [0.2, 0.25) is 0 Å². The Kier molecular flexibility index (Phi) is 4.79. The molecule has 0 atom stereocenters. The Morgan fingerprint density at radius 2 is 1.17 bits per heavy atom. The Morgan fingerprint density at radius 3 is 1.93 bits per heavy atom. The van der Waals surface area contributed by atoms with Crippen LogP contribution in [-0.4, -0.2) is 11.3 Å². The van der Waals surface area contributed by atoms with E-state index in [1.54, 1.807) is 0 Å². The third-order valence-corrected chi connectivity index (χ3v) is 9.61. The summed E-state index contributed by atoms with van der Waals surface area (Å²) in [5.74, 6) is 0. The molecule has 0 unspecified atom stereocenters. The van der Waals surface area contributed by atoms with Crippen molar-refractivity contribution in [2.45, 2.75) is 19.3 Å². The number of fused-ring (bicyclic) bond motifs is 7. The van der Waals surface area contributed by atoms with Gasteiger partial charge >= 0.3 is 0 Å². The van der Waals surface area contributed by atoms with Crippen molar-refractivity contribution in [2.24, 2.45) is 0 Å². The van der Waals surface area contributed by atoms with E-state index in [0.717, 1.165) is 11.4 Å². The molecule has 6 aromatic carbocycles. The van der Waals surface area contributed by atoms with E-state index in [1.807, 2.05) is 0 Å². The summed E-state index contributed by atoms with van der Waals surface area (Å²) in [6, 6.07) is 51.4. The molecule has 42 heavy (non-hydrogen) atoms. The van der Waals surface area contributed by atoms with Crippen LogP contribution < -0.4 is 21.3 Å². The monoisotopic (exact) mass is 536 g/mol. The van der Waals surface area contributed by atoms with Crippen LogP contribution in [-0.2, 0) is 5.41 Å². The van der Waals surface area contributed by atoms with Crippen molar-refractivity contribution in [1.29, 1.82) is 0 Å². The van der Waals surface area contributed by atoms with Crippen molar-refractivity contribution in [2.75, 3.05) is 4.90 Å². The Bertz CT molecular complexity index is 2140. The molecule has 0 amide bonds. The molecule has 0 bridgehead atoms. The summed E-state index contributed by atoms with van der Waals surface area (Å²) < 4.78 is 2.55. The van der Waals surface area contributed by atoms with Crippen LogP contribution in [0.5, 0.6) is 0 Å². The molecule has 2 aliphatic heterocycles. The molecule has 7 aromatic rings. The predicted octanol–water partition coefficient (Wildman–Crippen LogP) is 7.72. The molecule has 1 aromatic heterocycles. The minimum atomic E-state index is -0.166. The smallest absolute Gasteiger partial charge is 0.247 e. The quantitative estimate of drug-likeness (QED) is 0.210. The summed E-state index contributed by atoms with van der Waals surface area (Å²) in [7, 11) is 0. The minimum Gasteiger partial charge on any atom is -0.310 e. The fourth-order valence-electron chi connectivity index (χ4n) is 7.83. The van der Waals surface area contributed by atoms with E-state index in [9.17, 15) is 0 Å². The Balaban J connectivity index is 1.46. The first kappa shape index (κ1) is 23.7. The summed E-state index contributed by atoms with van der Waals surface area (Å²) in [4.78, 5) is 2.41. The Labute approximate surface area is 246 Å². The van der Waals surface area contributed by atoms with Gasteiger partial charge in [-0.1, -0.05) is 116 Å². The van der Waals surface area contributed by atoms with E-state index in [0.29, 0.717) is 0 Å². The van der Waals surface area contributed by atoms with Crippen LogP contribution in [0.3, 0.4) is 0 Å². The first-order valence-electron chi connectivity index (χ1n) is 14.8. The van der Waals surface area contributed by atoms with Crippen molar-refractivity contribution >= 4 is 62.0 Å². The lowest BCUT2D eigenvalue weighted by Gasteiger charge is -2.43. The lowest BCUT2D eigenvalue weighted by Crippen LogP contribution is -2.63. The second-order valence-electron chi connectivity index (χ2n) is 12.2. The summed E-state index contributed by atoms with van der Waals surface area (Å²) in [5, 5.41) is 2.63. The molecule has 0 N–H and O–H groups in total. The van der Waals surface area contributed by atoms with Gasteiger partial charge in [0.05, 0.1) is 5.52 Å². The van der Waals surface area contributed by atoms with Gasteiger partial charge in [-0.15, -0.1) is 0 Å². The normalized spacial score (nSPS) is 14.1. The molecule has 0 aliphatic carbocycles. The topological polar surface area (TPSA) is 8.17 Å². The Morgan fingerprint density at radius 1 is 0.548 bits per heavy atom. The van der Waals surface area contributed by atoms with Crippen molar-refractivity contribution in [3.8, 4) is 5.69 Å². The van der Waals surface area contributed by atoms with Crippen molar-refractivity contribution in [3.63, 3.8) is 0 Å². The van der Waals surface area contributed by atoms with Crippen LogP contribution in [0.4, 0.5) is 17.1 Å². The number of rotatable bonds is 3. The highest BCUT2D eigenvalue weighted by molar-refractivity contribution is 6.99. The zero-order valence-electron chi connectivity index (χ0n) is 23.8. The molecule has 9 rings (SSSR count). The molecule has 0 fully saturated rings. The largest absolute Gasteiger partial charge is 0.310 e. The molecule has 198 valence electrons. The molecular formula is C39H29BN2. The standard InChI is InChI=1S/C39H29BN2/c1-39(2)31-20-10-11-21-33(31)40-34-22-13-19-30-29-18-9-12-23-35(29)42(38(30)34)36-25-28(24-32(39)37(36)40)41(26-14-5-3-6-15-26)27-16-7-4-8-17-27/h3-25H,1-2H3. The Hall–Kier alpha value is -5.02. The van der Waals surface area contributed by atoms with E-state index in [-0.39, 0.29) is 12.1 Å². The number of hydrogen-bond acceptors (Lipinski definition) is 1. The molecule has 2 nitrogen and oxygen atoms in total. The van der Waals surface area contributed by atoms with Gasteiger partial charge in [-0.05, 0) is 64.5 Å². The molecular weight excluding hydrogens is 507 g/mol. The van der Waals surface area contributed by atoms with E-state index < -0.39 is 0 Å². The van der Waals surface area contributed by atoms with Gasteiger partial charge in [0.2, 0.25) is 6.71 Å². The van der Waals surface area contributed by atoms with Crippen LogP contribution in [0, 0.1) is 0 Å². The van der Waals surface area contributed by atoms with Gasteiger partial charge in [0, 0.05) is 44.5 Å². The molecule has 0 saturated carbocycles. The first-order valence-corrected chi connectivity index (χ1v) is 14.8. The lowest BCUT2D eigenvalue weighted by atomic mass is 9.30. The summed E-state index contributed by atoms with van der Waals surface area (Å²) in [5.41, 5.74) is 14.3. The van der Waals surface area contributed by atoms with Crippen LogP contribution in [0.1, 0.15) is 25.0 Å². The maximum Gasteiger partial charge on any atom is 0.247 e. The summed E-state index contributed by atoms with van der Waals surface area (Å²) in [6.45, 7) is 5.00. The molecule has 3 heteroatoms. The van der Waals surface area contributed by atoms with Gasteiger partial charge in [0.15, 0.2) is 0 Å². The molecule has 3 heterocycles. The second-order valence-corrected chi connectivity index (χ2v) is 12.2. The van der Waals surface area contributed by atoms with Gasteiger partial charge in [-0.2, -0.15) is 0 Å². The molecule has 0 saturated heterocycles. The van der Waals surface area contributed by atoms with E-state index in [4.69, 9.17) is 0 Å². The maximum absolute atomic E-state index is 2.55. The second kappa shape index (κ2) is 8.50. The van der Waals surface area contributed by atoms with Crippen molar-refractivity contribution < 1.29 is 0 Å². The number of aromatic nitrogens is 1. The number of anilines is 3. The lowest BCUT2D eigenvalue weighted by molar-refractivity contribution is 0.645. The van der Waals surface area contributed by atoms with Gasteiger partial charge in [-0.3, -0.25) is 0 Å². The average Bonchev–Trinajstić information content (AvgIpc) is 3.38. The van der Waals surface area contributed by atoms with Crippen LogP contribution in [0.15, 0.2) is 140 Å². The third kappa shape index (κ3) is 3.06. The zero-order chi connectivity index (χ0) is 28.0. The number of benzene rings is 6. The summed E-state index contributed by atoms with van der Waals surface area (Å²) >= 11 is 0. The van der Waals surface area contributed by atoms with Gasteiger partial charge < -0.3 is 9.47 Å². The van der Waals surface area contributed by atoms with E-state index in [2.05, 4.69) is 163 Å². The van der Waals surface area contributed by atoms with Crippen LogP contribution in [0.25, 0.3) is 27.5 Å². The zero-order valence-corrected chi connectivity index (χ0v) is 23.8. The summed E-state index contributed by atoms with van der Waals surface area (Å²) in [6.07, 6.45) is 0. The fraction of sp³-hybridized carbons (Fsp3) is 0.0769. The van der Waals surface area contributed by atoms with E-state index >= 15 is 0 Å². The minimum absolute atomic E-state index is 0.166. The molecule has 0 radical (unpaired) electrons. The molecule has 2 aliphatic rings. The fourth-order valence-corrected chi connectivity index (χ4v) is 7.83. The first-order chi connectivity index (χ1) is 20.6. The van der Waals surface area contributed by atoms with Gasteiger partial charge in [0.25, 0.3) is 0 Å². The number of nitrogens with zero attached hydrogens (tertiary/aromatic N) is 2. The van der Waals surface area contributed by atoms with Crippen molar-refractivity contribution in [1.82, 2.24) is 4.57 Å². The highest BCUT2D eigenvalue weighted by atomic mass is 15.1. The van der Waals surface area contributed by atoms with Crippen molar-refractivity contribution in [3.05, 3.63) is 151 Å². The number of para-hydroxylation sites is 4. The average molecular weight is 536 g/mol. The SMILES string of the molecule is CC1(C)c2ccccc2B2c3c(cc(N(c4ccccc4)c4ccccc4)cc31)-n1c3ccccc3c3cccc2c31. The maximum atomic E-state index is 2.55. The highest BCUT2D eigenvalue weighted by Gasteiger charge is 2.45. The van der Waals surface area contributed by atoms with Gasteiger partial charge in [-0.25, -0.2) is 0 Å². The van der Waals surface area contributed by atoms with Gasteiger partial charge in [0.1, 0.15) is 0 Å². The third-order valence-electron chi connectivity index (χ3n) is 9.61. The highest BCUT2D eigenvalue weighted by Crippen LogP contribution is 2.43.